The Morgan fingerprint density at radius 1 is 1.18 bits per heavy atom. The number of nitrogens with zero attached hydrogens (tertiary/aromatic N) is 8. The van der Waals surface area contributed by atoms with Crippen LogP contribution in [0.3, 0.4) is 0 Å². The monoisotopic (exact) mass is 523 g/mol. The van der Waals surface area contributed by atoms with E-state index in [9.17, 15) is 9.18 Å². The van der Waals surface area contributed by atoms with E-state index in [-0.39, 0.29) is 17.4 Å². The number of fused-ring (bicyclic) bond motifs is 1. The van der Waals surface area contributed by atoms with Gasteiger partial charge in [-0.15, -0.1) is 5.10 Å². The molecule has 4 aromatic rings. The molecule has 200 valence electrons. The maximum atomic E-state index is 14.8. The Bertz CT molecular complexity index is 1400. The van der Waals surface area contributed by atoms with E-state index >= 15 is 0 Å². The van der Waals surface area contributed by atoms with Gasteiger partial charge < -0.3 is 31.0 Å². The molecular formula is C24H30FN11O2. The van der Waals surface area contributed by atoms with Crippen LogP contribution in [0.2, 0.25) is 0 Å². The first kappa shape index (κ1) is 25.4. The van der Waals surface area contributed by atoms with Gasteiger partial charge in [0.15, 0.2) is 5.76 Å². The average Bonchev–Trinajstić information content (AvgIpc) is 3.61. The number of rotatable bonds is 9. The molecule has 0 spiro atoms. The van der Waals surface area contributed by atoms with Crippen LogP contribution < -0.4 is 26.6 Å². The number of halogens is 1. The first-order valence-electron chi connectivity index (χ1n) is 12.3. The number of furan rings is 1. The molecule has 1 aromatic carbocycles. The highest BCUT2D eigenvalue weighted by molar-refractivity contribution is 5.94. The summed E-state index contributed by atoms with van der Waals surface area (Å²) in [6, 6.07) is 8.10. The highest BCUT2D eigenvalue weighted by Gasteiger charge is 2.21. The van der Waals surface area contributed by atoms with Crippen LogP contribution >= 0.6 is 0 Å². The highest BCUT2D eigenvalue weighted by atomic mass is 19.1. The van der Waals surface area contributed by atoms with Crippen molar-refractivity contribution in [3.63, 3.8) is 0 Å². The second-order valence-corrected chi connectivity index (χ2v) is 8.97. The molecule has 13 nitrogen and oxygen atoms in total. The van der Waals surface area contributed by atoms with Gasteiger partial charge >= 0.3 is 0 Å². The number of likely N-dealkylation sites (N-methyl/N-ethyl adjacent to an activating group) is 1. The number of nitrogens with two attached hydrogens (primary N) is 2. The molecule has 0 atom stereocenters. The SMILES string of the molecule is CN(CCN1CCN(c2ccc(C(=O)NCCN)cc2F)CC1)c1nc(N)n2nc(-c3ccco3)nc2n1. The van der Waals surface area contributed by atoms with Crippen molar-refractivity contribution in [2.24, 2.45) is 5.73 Å². The molecule has 0 radical (unpaired) electrons. The fourth-order valence-electron chi connectivity index (χ4n) is 4.27. The maximum Gasteiger partial charge on any atom is 0.259 e. The Hall–Kier alpha value is -4.30. The lowest BCUT2D eigenvalue weighted by Gasteiger charge is -2.36. The van der Waals surface area contributed by atoms with Crippen LogP contribution in [0.5, 0.6) is 0 Å². The molecule has 38 heavy (non-hydrogen) atoms. The number of nitrogens with one attached hydrogen (secondary N) is 1. The summed E-state index contributed by atoms with van der Waals surface area (Å²) in [5, 5.41) is 6.97. The van der Waals surface area contributed by atoms with Gasteiger partial charge in [0, 0.05) is 65.0 Å². The average molecular weight is 524 g/mol. The van der Waals surface area contributed by atoms with E-state index in [0.717, 1.165) is 19.6 Å². The van der Waals surface area contributed by atoms with E-state index in [1.54, 1.807) is 30.5 Å². The van der Waals surface area contributed by atoms with Crippen LogP contribution in [0.1, 0.15) is 10.4 Å². The number of hydrogen-bond acceptors (Lipinski definition) is 11. The van der Waals surface area contributed by atoms with Crippen LogP contribution in [0, 0.1) is 5.82 Å². The number of aromatic nitrogens is 5. The van der Waals surface area contributed by atoms with E-state index < -0.39 is 5.82 Å². The van der Waals surface area contributed by atoms with Crippen molar-refractivity contribution in [3.8, 4) is 11.6 Å². The van der Waals surface area contributed by atoms with E-state index in [1.807, 2.05) is 16.8 Å². The highest BCUT2D eigenvalue weighted by Crippen LogP contribution is 2.22. The molecule has 4 heterocycles. The summed E-state index contributed by atoms with van der Waals surface area (Å²) in [7, 11) is 1.89. The summed E-state index contributed by atoms with van der Waals surface area (Å²) in [6.07, 6.45) is 1.55. The second-order valence-electron chi connectivity index (χ2n) is 8.97. The Balaban J connectivity index is 1.15. The molecule has 3 aromatic heterocycles. The Kier molecular flexibility index (Phi) is 7.33. The summed E-state index contributed by atoms with van der Waals surface area (Å²) >= 11 is 0. The normalized spacial score (nSPS) is 14.2. The van der Waals surface area contributed by atoms with Gasteiger partial charge in [0.25, 0.3) is 11.7 Å². The molecule has 1 aliphatic heterocycles. The zero-order chi connectivity index (χ0) is 26.6. The van der Waals surface area contributed by atoms with Crippen molar-refractivity contribution in [1.29, 1.82) is 0 Å². The van der Waals surface area contributed by atoms with E-state index in [2.05, 4.69) is 30.3 Å². The quantitative estimate of drug-likeness (QED) is 0.279. The van der Waals surface area contributed by atoms with Crippen molar-refractivity contribution < 1.29 is 13.6 Å². The van der Waals surface area contributed by atoms with Gasteiger partial charge in [-0.25, -0.2) is 4.39 Å². The lowest BCUT2D eigenvalue weighted by Crippen LogP contribution is -2.48. The smallest absolute Gasteiger partial charge is 0.259 e. The molecule has 0 bridgehead atoms. The number of benzene rings is 1. The number of carbonyl (C=O) groups is 1. The molecule has 0 unspecified atom stereocenters. The predicted octanol–water partition coefficient (Wildman–Crippen LogP) is 0.448. The Morgan fingerprint density at radius 2 is 2.00 bits per heavy atom. The molecule has 5 rings (SSSR count). The summed E-state index contributed by atoms with van der Waals surface area (Å²) in [5.41, 5.74) is 12.3. The van der Waals surface area contributed by atoms with Crippen molar-refractivity contribution in [3.05, 3.63) is 48.0 Å². The van der Waals surface area contributed by atoms with Crippen LogP contribution in [-0.2, 0) is 0 Å². The van der Waals surface area contributed by atoms with Crippen LogP contribution in [0.4, 0.5) is 22.0 Å². The maximum absolute atomic E-state index is 14.8. The minimum atomic E-state index is -0.410. The molecule has 1 amide bonds. The molecule has 1 aliphatic rings. The largest absolute Gasteiger partial charge is 0.461 e. The number of nitrogen functional groups attached to an aromatic ring is 1. The van der Waals surface area contributed by atoms with Crippen molar-refractivity contribution in [1.82, 2.24) is 34.8 Å². The summed E-state index contributed by atoms with van der Waals surface area (Å²) in [5.74, 6) is 1.13. The second kappa shape index (κ2) is 11.0. The lowest BCUT2D eigenvalue weighted by molar-refractivity contribution is 0.0954. The topological polar surface area (TPSA) is 160 Å². The summed E-state index contributed by atoms with van der Waals surface area (Å²) < 4.78 is 21.5. The molecular weight excluding hydrogens is 493 g/mol. The first-order chi connectivity index (χ1) is 18.4. The third kappa shape index (κ3) is 5.35. The number of carbonyl (C=O) groups excluding carboxylic acids is 1. The number of anilines is 3. The van der Waals surface area contributed by atoms with Gasteiger partial charge in [0.1, 0.15) is 5.82 Å². The van der Waals surface area contributed by atoms with E-state index in [1.165, 1.54) is 10.6 Å². The minimum Gasteiger partial charge on any atom is -0.461 e. The van der Waals surface area contributed by atoms with Gasteiger partial charge in [0.2, 0.25) is 17.7 Å². The van der Waals surface area contributed by atoms with Crippen molar-refractivity contribution in [2.45, 2.75) is 0 Å². The van der Waals surface area contributed by atoms with Crippen LogP contribution in [0.15, 0.2) is 41.0 Å². The van der Waals surface area contributed by atoms with Gasteiger partial charge in [-0.05, 0) is 30.3 Å². The van der Waals surface area contributed by atoms with Crippen LogP contribution in [-0.4, -0.2) is 94.8 Å². The van der Waals surface area contributed by atoms with E-state index in [4.69, 9.17) is 15.9 Å². The third-order valence-corrected chi connectivity index (χ3v) is 6.41. The standard InChI is InChI=1S/C24H30FN11O2/c1-33(23-30-22(27)36-24(31-23)29-20(32-36)19-3-2-14-38-19)8-9-34-10-12-35(13-11-34)18-5-4-16(15-17(18)25)21(37)28-7-6-26/h2-5,14-15H,6-13,26H2,1H3,(H,28,37)(H2,27,29,30,31,32). The zero-order valence-electron chi connectivity index (χ0n) is 21.0. The third-order valence-electron chi connectivity index (χ3n) is 6.41. The van der Waals surface area contributed by atoms with Gasteiger partial charge in [-0.1, -0.05) is 0 Å². The Morgan fingerprint density at radius 3 is 2.71 bits per heavy atom. The molecule has 1 fully saturated rings. The fraction of sp³-hybridized carbons (Fsp3) is 0.375. The molecule has 0 saturated carbocycles. The number of amides is 1. The predicted molar refractivity (Wildman–Crippen MR) is 140 cm³/mol. The summed E-state index contributed by atoms with van der Waals surface area (Å²) in [4.78, 5) is 31.6. The van der Waals surface area contributed by atoms with Gasteiger partial charge in [-0.2, -0.15) is 19.5 Å². The molecule has 14 heteroatoms. The van der Waals surface area contributed by atoms with Gasteiger partial charge in [0.05, 0.1) is 12.0 Å². The van der Waals surface area contributed by atoms with E-state index in [0.29, 0.717) is 61.7 Å². The molecule has 0 aliphatic carbocycles. The van der Waals surface area contributed by atoms with Crippen molar-refractivity contribution in [2.75, 3.05) is 74.9 Å². The fourth-order valence-corrected chi connectivity index (χ4v) is 4.27. The summed E-state index contributed by atoms with van der Waals surface area (Å²) in [6.45, 7) is 4.99. The molecule has 5 N–H and O–H groups in total. The first-order valence-corrected chi connectivity index (χ1v) is 12.3. The number of hydrogen-bond donors (Lipinski definition) is 3. The minimum absolute atomic E-state index is 0.181. The number of piperazine rings is 1. The zero-order valence-corrected chi connectivity index (χ0v) is 21.0. The van der Waals surface area contributed by atoms with Crippen LogP contribution in [0.25, 0.3) is 17.4 Å². The van der Waals surface area contributed by atoms with Crippen molar-refractivity contribution >= 4 is 29.3 Å². The molecule has 1 saturated heterocycles. The van der Waals surface area contributed by atoms with Gasteiger partial charge in [-0.3, -0.25) is 9.69 Å². The lowest BCUT2D eigenvalue weighted by atomic mass is 10.1. The Labute approximate surface area is 218 Å².